The molecule has 0 aliphatic heterocycles. The van der Waals surface area contributed by atoms with Gasteiger partial charge in [0.25, 0.3) is 5.91 Å². The van der Waals surface area contributed by atoms with E-state index in [1.165, 1.54) is 0 Å². The molecular formula is C18H15Cl2N3OS2. The maximum atomic E-state index is 12.7. The Bertz CT molecular complexity index is 936. The van der Waals surface area contributed by atoms with Gasteiger partial charge in [-0.2, -0.15) is 0 Å². The highest BCUT2D eigenvalue weighted by Gasteiger charge is 2.14. The van der Waals surface area contributed by atoms with E-state index >= 15 is 0 Å². The third-order valence-electron chi connectivity index (χ3n) is 3.51. The summed E-state index contributed by atoms with van der Waals surface area (Å²) in [6.07, 6.45) is 0. The van der Waals surface area contributed by atoms with E-state index in [1.54, 1.807) is 41.3 Å². The van der Waals surface area contributed by atoms with Crippen LogP contribution < -0.4 is 11.1 Å². The number of rotatable bonds is 5. The van der Waals surface area contributed by atoms with Crippen molar-refractivity contribution in [3.63, 3.8) is 0 Å². The molecule has 26 heavy (non-hydrogen) atoms. The normalized spacial score (nSPS) is 10.7. The number of nitrogens with one attached hydrogen (secondary N) is 1. The van der Waals surface area contributed by atoms with Gasteiger partial charge in [0, 0.05) is 21.7 Å². The van der Waals surface area contributed by atoms with E-state index in [-0.39, 0.29) is 5.91 Å². The van der Waals surface area contributed by atoms with Crippen molar-refractivity contribution in [3.05, 3.63) is 68.1 Å². The molecule has 0 aliphatic carbocycles. The highest BCUT2D eigenvalue weighted by molar-refractivity contribution is 7.98. The first-order chi connectivity index (χ1) is 12.4. The van der Waals surface area contributed by atoms with Gasteiger partial charge >= 0.3 is 0 Å². The van der Waals surface area contributed by atoms with Crippen LogP contribution in [0.15, 0.2) is 46.7 Å². The summed E-state index contributed by atoms with van der Waals surface area (Å²) in [6, 6.07) is 10.6. The summed E-state index contributed by atoms with van der Waals surface area (Å²) >= 11 is 15.2. The van der Waals surface area contributed by atoms with Crippen molar-refractivity contribution >= 4 is 63.6 Å². The van der Waals surface area contributed by atoms with E-state index in [2.05, 4.69) is 10.3 Å². The van der Waals surface area contributed by atoms with Crippen LogP contribution in [0.25, 0.3) is 0 Å². The molecule has 0 fully saturated rings. The second kappa shape index (κ2) is 8.31. The molecule has 0 bridgehead atoms. The van der Waals surface area contributed by atoms with Crippen molar-refractivity contribution in [1.29, 1.82) is 0 Å². The Labute approximate surface area is 169 Å². The first-order valence-corrected chi connectivity index (χ1v) is 10.2. The van der Waals surface area contributed by atoms with E-state index in [1.807, 2.05) is 30.5 Å². The SMILES string of the molecule is Cc1nc(CSc2ccccc2C(=O)Nc2cc(Cl)c(N)c(Cl)c2)cs1. The van der Waals surface area contributed by atoms with E-state index in [0.717, 1.165) is 15.6 Å². The lowest BCUT2D eigenvalue weighted by atomic mass is 10.2. The van der Waals surface area contributed by atoms with E-state index < -0.39 is 0 Å². The Morgan fingerprint density at radius 1 is 1.27 bits per heavy atom. The number of nitrogens with two attached hydrogens (primary N) is 1. The smallest absolute Gasteiger partial charge is 0.256 e. The summed E-state index contributed by atoms with van der Waals surface area (Å²) in [5.74, 6) is 0.466. The highest BCUT2D eigenvalue weighted by Crippen LogP contribution is 2.32. The first-order valence-electron chi connectivity index (χ1n) is 7.62. The predicted molar refractivity (Wildman–Crippen MR) is 112 cm³/mol. The maximum Gasteiger partial charge on any atom is 0.256 e. The lowest BCUT2D eigenvalue weighted by Crippen LogP contribution is -2.13. The van der Waals surface area contributed by atoms with E-state index in [9.17, 15) is 4.79 Å². The minimum Gasteiger partial charge on any atom is -0.396 e. The molecule has 1 aromatic heterocycles. The number of carbonyl (C=O) groups excluding carboxylic acids is 1. The van der Waals surface area contributed by atoms with Crippen molar-refractivity contribution < 1.29 is 4.79 Å². The fraction of sp³-hybridized carbons (Fsp3) is 0.111. The van der Waals surface area contributed by atoms with Crippen LogP contribution >= 0.6 is 46.3 Å². The van der Waals surface area contributed by atoms with Crippen LogP contribution in [-0.2, 0) is 5.75 Å². The predicted octanol–water partition coefficient (Wildman–Crippen LogP) is 5.89. The number of thioether (sulfide) groups is 1. The molecule has 2 aromatic carbocycles. The quantitative estimate of drug-likeness (QED) is 0.396. The molecular weight excluding hydrogens is 409 g/mol. The Kier molecular flexibility index (Phi) is 6.09. The standard InChI is InChI=1S/C18H15Cl2N3OS2/c1-10-22-12(8-25-10)9-26-16-5-3-2-4-13(16)18(24)23-11-6-14(19)17(21)15(20)7-11/h2-8H,9,21H2,1H3,(H,23,24). The van der Waals surface area contributed by atoms with Gasteiger partial charge in [0.05, 0.1) is 32.0 Å². The van der Waals surface area contributed by atoms with Gasteiger partial charge in [-0.05, 0) is 31.2 Å². The summed E-state index contributed by atoms with van der Waals surface area (Å²) in [5.41, 5.74) is 8.10. The number of aryl methyl sites for hydroxylation is 1. The number of halogens is 2. The number of nitrogen functional groups attached to an aromatic ring is 1. The Morgan fingerprint density at radius 2 is 1.96 bits per heavy atom. The second-order valence-corrected chi connectivity index (χ2v) is 8.34. The average molecular weight is 424 g/mol. The molecule has 0 saturated carbocycles. The van der Waals surface area contributed by atoms with Crippen LogP contribution in [0.4, 0.5) is 11.4 Å². The Morgan fingerprint density at radius 3 is 2.62 bits per heavy atom. The molecule has 0 unspecified atom stereocenters. The largest absolute Gasteiger partial charge is 0.396 e. The summed E-state index contributed by atoms with van der Waals surface area (Å²) in [6.45, 7) is 1.98. The van der Waals surface area contributed by atoms with Crippen LogP contribution in [0.3, 0.4) is 0 Å². The van der Waals surface area contributed by atoms with Crippen molar-refractivity contribution in [2.45, 2.75) is 17.6 Å². The Balaban J connectivity index is 1.77. The molecule has 0 saturated heterocycles. The molecule has 4 nitrogen and oxygen atoms in total. The van der Waals surface area contributed by atoms with Gasteiger partial charge in [-0.25, -0.2) is 4.98 Å². The molecule has 0 atom stereocenters. The van der Waals surface area contributed by atoms with Crippen molar-refractivity contribution in [3.8, 4) is 0 Å². The van der Waals surface area contributed by atoms with Gasteiger partial charge in [0.15, 0.2) is 0 Å². The summed E-state index contributed by atoms with van der Waals surface area (Å²) in [4.78, 5) is 18.0. The van der Waals surface area contributed by atoms with Gasteiger partial charge < -0.3 is 11.1 Å². The summed E-state index contributed by atoms with van der Waals surface area (Å²) in [5, 5.41) is 6.48. The number of anilines is 2. The minimum absolute atomic E-state index is 0.237. The molecule has 0 aliphatic rings. The molecule has 8 heteroatoms. The summed E-state index contributed by atoms with van der Waals surface area (Å²) < 4.78 is 0. The van der Waals surface area contributed by atoms with Crippen LogP contribution in [0.5, 0.6) is 0 Å². The lowest BCUT2D eigenvalue weighted by molar-refractivity contribution is 0.102. The van der Waals surface area contributed by atoms with Crippen LogP contribution in [0.2, 0.25) is 10.0 Å². The topological polar surface area (TPSA) is 68.0 Å². The number of benzene rings is 2. The molecule has 134 valence electrons. The number of hydrogen-bond acceptors (Lipinski definition) is 5. The fourth-order valence-electron chi connectivity index (χ4n) is 2.26. The van der Waals surface area contributed by atoms with Crippen molar-refractivity contribution in [1.82, 2.24) is 4.98 Å². The zero-order chi connectivity index (χ0) is 18.7. The Hall–Kier alpha value is -1.73. The number of carbonyl (C=O) groups is 1. The molecule has 0 spiro atoms. The number of nitrogens with zero attached hydrogens (tertiary/aromatic N) is 1. The van der Waals surface area contributed by atoms with Gasteiger partial charge in [0.1, 0.15) is 0 Å². The molecule has 3 aromatic rings. The second-order valence-electron chi connectivity index (χ2n) is 5.45. The lowest BCUT2D eigenvalue weighted by Gasteiger charge is -2.11. The molecule has 1 amide bonds. The monoisotopic (exact) mass is 423 g/mol. The van der Waals surface area contributed by atoms with Crippen molar-refractivity contribution in [2.24, 2.45) is 0 Å². The molecule has 3 rings (SSSR count). The number of hydrogen-bond donors (Lipinski definition) is 2. The third-order valence-corrected chi connectivity index (χ3v) is 6.07. The number of aromatic nitrogens is 1. The van der Waals surface area contributed by atoms with Gasteiger partial charge in [-0.1, -0.05) is 35.3 Å². The van der Waals surface area contributed by atoms with Crippen LogP contribution in [0.1, 0.15) is 21.1 Å². The van der Waals surface area contributed by atoms with Gasteiger partial charge in [0.2, 0.25) is 0 Å². The van der Waals surface area contributed by atoms with Crippen LogP contribution in [-0.4, -0.2) is 10.9 Å². The number of amides is 1. The van der Waals surface area contributed by atoms with E-state index in [4.69, 9.17) is 28.9 Å². The number of thiazole rings is 1. The maximum absolute atomic E-state index is 12.7. The zero-order valence-corrected chi connectivity index (χ0v) is 16.9. The summed E-state index contributed by atoms with van der Waals surface area (Å²) in [7, 11) is 0. The first kappa shape index (κ1) is 19.0. The third kappa shape index (κ3) is 4.51. The average Bonchev–Trinajstić information content (AvgIpc) is 3.03. The minimum atomic E-state index is -0.237. The zero-order valence-electron chi connectivity index (χ0n) is 13.8. The van der Waals surface area contributed by atoms with Gasteiger partial charge in [-0.3, -0.25) is 4.79 Å². The molecule has 3 N–H and O–H groups in total. The van der Waals surface area contributed by atoms with Gasteiger partial charge in [-0.15, -0.1) is 23.1 Å². The van der Waals surface area contributed by atoms with E-state index in [0.29, 0.717) is 32.7 Å². The van der Waals surface area contributed by atoms with Crippen LogP contribution in [0, 0.1) is 6.92 Å². The highest BCUT2D eigenvalue weighted by atomic mass is 35.5. The fourth-order valence-corrected chi connectivity index (χ4v) is 4.41. The molecule has 1 heterocycles. The van der Waals surface area contributed by atoms with Crippen molar-refractivity contribution in [2.75, 3.05) is 11.1 Å². The molecule has 0 radical (unpaired) electrons.